The maximum absolute atomic E-state index is 6.45. The summed E-state index contributed by atoms with van der Waals surface area (Å²) in [7, 11) is 0. The molecule has 0 saturated heterocycles. The second kappa shape index (κ2) is 7.92. The summed E-state index contributed by atoms with van der Waals surface area (Å²) in [6.45, 7) is 4.62. The van der Waals surface area contributed by atoms with Crippen molar-refractivity contribution in [2.75, 3.05) is 0 Å². The lowest BCUT2D eigenvalue weighted by molar-refractivity contribution is 0.620. The molecule has 0 bridgehead atoms. The highest BCUT2D eigenvalue weighted by Gasteiger charge is 2.36. The Kier molecular flexibility index (Phi) is 4.36. The van der Waals surface area contributed by atoms with Gasteiger partial charge in [-0.3, -0.25) is 0 Å². The second-order valence-electron chi connectivity index (χ2n) is 11.4. The fourth-order valence-corrected chi connectivity index (χ4v) is 6.79. The normalized spacial score (nSPS) is 13.8. The van der Waals surface area contributed by atoms with E-state index in [0.717, 1.165) is 54.9 Å². The maximum Gasteiger partial charge on any atom is 0.228 e. The van der Waals surface area contributed by atoms with Crippen molar-refractivity contribution in [1.29, 1.82) is 0 Å². The molecular formula is C37H24N2O2. The maximum atomic E-state index is 6.45. The fourth-order valence-electron chi connectivity index (χ4n) is 6.79. The van der Waals surface area contributed by atoms with Gasteiger partial charge in [-0.15, -0.1) is 0 Å². The molecule has 0 amide bonds. The number of benzene rings is 6. The minimum absolute atomic E-state index is 0.151. The highest BCUT2D eigenvalue weighted by molar-refractivity contribution is 6.21. The molecule has 8 aromatic rings. The van der Waals surface area contributed by atoms with Gasteiger partial charge >= 0.3 is 0 Å². The van der Waals surface area contributed by atoms with Gasteiger partial charge in [0.05, 0.1) is 11.1 Å². The summed E-state index contributed by atoms with van der Waals surface area (Å²) in [5.41, 5.74) is 10.2. The number of nitrogens with zero attached hydrogens (tertiary/aromatic N) is 2. The first-order valence-corrected chi connectivity index (χ1v) is 13.9. The lowest BCUT2D eigenvalue weighted by atomic mass is 9.80. The van der Waals surface area contributed by atoms with Crippen molar-refractivity contribution in [3.8, 4) is 34.0 Å². The molecule has 9 rings (SSSR count). The summed E-state index contributed by atoms with van der Waals surface area (Å²) in [6, 6.07) is 37.8. The van der Waals surface area contributed by atoms with Crippen molar-refractivity contribution in [2.45, 2.75) is 19.3 Å². The number of aromatic nitrogens is 2. The first kappa shape index (κ1) is 22.6. The minimum atomic E-state index is -0.151. The zero-order valence-electron chi connectivity index (χ0n) is 22.6. The molecule has 2 heterocycles. The van der Waals surface area contributed by atoms with Crippen molar-refractivity contribution in [3.63, 3.8) is 0 Å². The van der Waals surface area contributed by atoms with Crippen molar-refractivity contribution in [3.05, 3.63) is 120 Å². The van der Waals surface area contributed by atoms with E-state index in [1.54, 1.807) is 0 Å². The average Bonchev–Trinajstić information content (AvgIpc) is 3.68. The molecular weight excluding hydrogens is 504 g/mol. The number of rotatable bonds is 2. The fraction of sp³-hybridized carbons (Fsp3) is 0.0811. The zero-order valence-corrected chi connectivity index (χ0v) is 22.6. The number of fused-ring (bicyclic) bond motifs is 7. The summed E-state index contributed by atoms with van der Waals surface area (Å²) in [5.74, 6) is 1.23. The van der Waals surface area contributed by atoms with Crippen LogP contribution in [-0.4, -0.2) is 9.97 Å². The van der Waals surface area contributed by atoms with Crippen molar-refractivity contribution < 1.29 is 8.83 Å². The number of oxazole rings is 2. The third kappa shape index (κ3) is 3.05. The van der Waals surface area contributed by atoms with Crippen LogP contribution < -0.4 is 0 Å². The lowest BCUT2D eigenvalue weighted by Gasteiger charge is -2.22. The summed E-state index contributed by atoms with van der Waals surface area (Å²) >= 11 is 0. The van der Waals surface area contributed by atoms with Crippen LogP contribution in [0.3, 0.4) is 0 Å². The topological polar surface area (TPSA) is 52.1 Å². The van der Waals surface area contributed by atoms with E-state index >= 15 is 0 Å². The molecule has 1 aliphatic carbocycles. The number of hydrogen-bond acceptors (Lipinski definition) is 4. The van der Waals surface area contributed by atoms with E-state index in [2.05, 4.69) is 74.5 Å². The molecule has 6 aromatic carbocycles. The predicted molar refractivity (Wildman–Crippen MR) is 165 cm³/mol. The van der Waals surface area contributed by atoms with Crippen molar-refractivity contribution in [1.82, 2.24) is 9.97 Å². The Labute approximate surface area is 235 Å². The molecule has 0 fully saturated rings. The molecule has 4 heteroatoms. The number of hydrogen-bond donors (Lipinski definition) is 0. The summed E-state index contributed by atoms with van der Waals surface area (Å²) < 4.78 is 12.9. The third-order valence-corrected chi connectivity index (χ3v) is 8.74. The monoisotopic (exact) mass is 528 g/mol. The van der Waals surface area contributed by atoms with Crippen LogP contribution in [0.1, 0.15) is 25.0 Å². The Bertz CT molecular complexity index is 2290. The molecule has 0 aliphatic heterocycles. The van der Waals surface area contributed by atoms with E-state index in [1.807, 2.05) is 48.5 Å². The van der Waals surface area contributed by atoms with E-state index in [-0.39, 0.29) is 5.41 Å². The minimum Gasteiger partial charge on any atom is -0.436 e. The summed E-state index contributed by atoms with van der Waals surface area (Å²) in [5, 5.41) is 4.25. The molecule has 0 radical (unpaired) electrons. The van der Waals surface area contributed by atoms with Gasteiger partial charge in [0.25, 0.3) is 0 Å². The highest BCUT2D eigenvalue weighted by Crippen LogP contribution is 2.53. The molecule has 41 heavy (non-hydrogen) atoms. The van der Waals surface area contributed by atoms with Crippen LogP contribution in [0.25, 0.3) is 77.8 Å². The van der Waals surface area contributed by atoms with Crippen LogP contribution >= 0.6 is 0 Å². The Morgan fingerprint density at radius 1 is 0.488 bits per heavy atom. The van der Waals surface area contributed by atoms with Gasteiger partial charge in [0.1, 0.15) is 11.0 Å². The van der Waals surface area contributed by atoms with Gasteiger partial charge in [0, 0.05) is 5.41 Å². The van der Waals surface area contributed by atoms with Gasteiger partial charge in [-0.1, -0.05) is 86.6 Å². The van der Waals surface area contributed by atoms with Gasteiger partial charge in [0.15, 0.2) is 11.2 Å². The lowest BCUT2D eigenvalue weighted by Crippen LogP contribution is -2.14. The summed E-state index contributed by atoms with van der Waals surface area (Å²) in [6.07, 6.45) is 0. The molecule has 194 valence electrons. The van der Waals surface area contributed by atoms with Crippen LogP contribution in [0, 0.1) is 0 Å². The molecule has 0 spiro atoms. The Morgan fingerprint density at radius 3 is 1.61 bits per heavy atom. The van der Waals surface area contributed by atoms with Gasteiger partial charge in [-0.25, -0.2) is 9.97 Å². The van der Waals surface area contributed by atoms with E-state index in [9.17, 15) is 0 Å². The standard InChI is InChI=1S/C37H24N2O2/c1-37(2)27-14-6-5-11-21(27)24-19-25-26(20-28(24)37)34(36-39-30-16-8-10-18-32(30)41-36)23-13-4-3-12-22(23)33(25)35-38-29-15-7-9-17-31(29)40-35/h3-20H,1-2H3. The molecule has 2 aromatic heterocycles. The molecule has 1 aliphatic rings. The SMILES string of the molecule is CC1(C)c2ccccc2-c2cc3c(-c4nc5ccccc5o4)c4ccccc4c(-c4nc5ccccc5o4)c3cc21. The van der Waals surface area contributed by atoms with Gasteiger partial charge < -0.3 is 8.83 Å². The largest absolute Gasteiger partial charge is 0.436 e. The third-order valence-electron chi connectivity index (χ3n) is 8.74. The first-order valence-electron chi connectivity index (χ1n) is 13.9. The van der Waals surface area contributed by atoms with Crippen LogP contribution in [0.5, 0.6) is 0 Å². The van der Waals surface area contributed by atoms with Crippen LogP contribution in [0.4, 0.5) is 0 Å². The van der Waals surface area contributed by atoms with Crippen LogP contribution in [0.2, 0.25) is 0 Å². The first-order chi connectivity index (χ1) is 20.1. The van der Waals surface area contributed by atoms with Crippen molar-refractivity contribution in [2.24, 2.45) is 0 Å². The Hall–Kier alpha value is -5.22. The average molecular weight is 529 g/mol. The van der Waals surface area contributed by atoms with Gasteiger partial charge in [0.2, 0.25) is 11.8 Å². The molecule has 0 unspecified atom stereocenters. The van der Waals surface area contributed by atoms with Crippen LogP contribution in [0.15, 0.2) is 118 Å². The van der Waals surface area contributed by atoms with E-state index in [4.69, 9.17) is 18.8 Å². The quantitative estimate of drug-likeness (QED) is 0.210. The molecule has 0 saturated carbocycles. The molecule has 0 N–H and O–H groups in total. The van der Waals surface area contributed by atoms with E-state index in [1.165, 1.54) is 22.3 Å². The van der Waals surface area contributed by atoms with Crippen LogP contribution in [-0.2, 0) is 5.41 Å². The van der Waals surface area contributed by atoms with Gasteiger partial charge in [-0.05, 0) is 80.2 Å². The Morgan fingerprint density at radius 2 is 1.00 bits per heavy atom. The van der Waals surface area contributed by atoms with Gasteiger partial charge in [-0.2, -0.15) is 0 Å². The second-order valence-corrected chi connectivity index (χ2v) is 11.4. The smallest absolute Gasteiger partial charge is 0.228 e. The van der Waals surface area contributed by atoms with E-state index in [0.29, 0.717) is 11.8 Å². The van der Waals surface area contributed by atoms with E-state index < -0.39 is 0 Å². The summed E-state index contributed by atoms with van der Waals surface area (Å²) in [4.78, 5) is 9.97. The number of para-hydroxylation sites is 4. The molecule has 0 atom stereocenters. The predicted octanol–water partition coefficient (Wildman–Crippen LogP) is 9.92. The molecule has 4 nitrogen and oxygen atoms in total. The Balaban J connectivity index is 1.49. The van der Waals surface area contributed by atoms with Crippen molar-refractivity contribution >= 4 is 43.7 Å². The zero-order chi connectivity index (χ0) is 27.3. The highest BCUT2D eigenvalue weighted by atomic mass is 16.4.